The van der Waals surface area contributed by atoms with Crippen LogP contribution in [0, 0.1) is 0 Å². The Hall–Kier alpha value is -1.54. The molecule has 0 aromatic carbocycles. The van der Waals surface area contributed by atoms with Crippen LogP contribution in [0.25, 0.3) is 0 Å². The summed E-state index contributed by atoms with van der Waals surface area (Å²) < 4.78 is 171. The van der Waals surface area contributed by atoms with Gasteiger partial charge in [-0.1, -0.05) is 19.9 Å². The SMILES string of the molecule is C=C(C)C(=O)[N+]1(CCCC)CC1C(F)(F)C(F)(F)C(F)(F)C(F)(F)C(F)(F)C(F)(F)F. The molecule has 1 heterocycles. The van der Waals surface area contributed by atoms with Gasteiger partial charge in [-0.15, -0.1) is 0 Å². The van der Waals surface area contributed by atoms with Crippen LogP contribution in [0.1, 0.15) is 26.7 Å². The molecule has 15 heteroatoms. The van der Waals surface area contributed by atoms with Crippen LogP contribution < -0.4 is 0 Å². The van der Waals surface area contributed by atoms with Crippen molar-refractivity contribution < 1.29 is 66.4 Å². The maximum atomic E-state index is 14.4. The van der Waals surface area contributed by atoms with Crippen molar-refractivity contribution in [2.75, 3.05) is 13.1 Å². The molecular formula is C16H17F13NO+. The van der Waals surface area contributed by atoms with Gasteiger partial charge in [-0.2, -0.15) is 57.1 Å². The zero-order chi connectivity index (χ0) is 25.1. The van der Waals surface area contributed by atoms with Gasteiger partial charge in [0.2, 0.25) is 6.04 Å². The highest BCUT2D eigenvalue weighted by molar-refractivity contribution is 5.87. The van der Waals surface area contributed by atoms with Crippen LogP contribution in [0.5, 0.6) is 0 Å². The molecule has 0 saturated carbocycles. The van der Waals surface area contributed by atoms with E-state index in [4.69, 9.17) is 0 Å². The molecule has 0 N–H and O–H groups in total. The number of carbonyl (C=O) groups excluding carboxylic acids is 1. The molecule has 0 spiro atoms. The first kappa shape index (κ1) is 27.5. The summed E-state index contributed by atoms with van der Waals surface area (Å²) in [4.78, 5) is 12.1. The van der Waals surface area contributed by atoms with E-state index in [9.17, 15) is 61.9 Å². The number of hydrogen-bond acceptors (Lipinski definition) is 1. The highest BCUT2D eigenvalue weighted by Crippen LogP contribution is 2.62. The maximum absolute atomic E-state index is 14.4. The molecular weight excluding hydrogens is 469 g/mol. The van der Waals surface area contributed by atoms with E-state index in [1.54, 1.807) is 0 Å². The van der Waals surface area contributed by atoms with Crippen LogP contribution in [-0.2, 0) is 4.79 Å². The Morgan fingerprint density at radius 1 is 0.839 bits per heavy atom. The topological polar surface area (TPSA) is 17.1 Å². The van der Waals surface area contributed by atoms with E-state index >= 15 is 0 Å². The quantitative estimate of drug-likeness (QED) is 0.174. The van der Waals surface area contributed by atoms with Gasteiger partial charge in [0.15, 0.2) is 0 Å². The molecule has 1 saturated heterocycles. The standard InChI is InChI=1S/C16H17F13NO/c1-4-5-6-30(10(31)8(2)3)7-9(30)11(17,18)12(19,20)13(21,22)14(23,24)15(25,26)16(27,28)29/h9H,2,4-7H2,1,3H3/q+1. The highest BCUT2D eigenvalue weighted by Gasteiger charge is 2.94. The first-order valence-electron chi connectivity index (χ1n) is 8.53. The van der Waals surface area contributed by atoms with Crippen molar-refractivity contribution in [1.29, 1.82) is 0 Å². The predicted octanol–water partition coefficient (Wildman–Crippen LogP) is 5.83. The van der Waals surface area contributed by atoms with Crippen LogP contribution in [0.15, 0.2) is 12.2 Å². The fourth-order valence-electron chi connectivity index (χ4n) is 3.07. The summed E-state index contributed by atoms with van der Waals surface area (Å²) >= 11 is 0. The molecule has 1 amide bonds. The highest BCUT2D eigenvalue weighted by atomic mass is 19.4. The summed E-state index contributed by atoms with van der Waals surface area (Å²) in [5, 5.41) is 0. The van der Waals surface area contributed by atoms with Gasteiger partial charge in [-0.05, 0) is 13.3 Å². The number of hydrogen-bond donors (Lipinski definition) is 0. The zero-order valence-electron chi connectivity index (χ0n) is 15.9. The van der Waals surface area contributed by atoms with Gasteiger partial charge in [0.1, 0.15) is 6.54 Å². The third kappa shape index (κ3) is 3.69. The Morgan fingerprint density at radius 2 is 1.26 bits per heavy atom. The Labute approximate surface area is 167 Å². The Bertz CT molecular complexity index is 728. The number of amides is 1. The minimum Gasteiger partial charge on any atom is -0.239 e. The summed E-state index contributed by atoms with van der Waals surface area (Å²) in [7, 11) is 0. The van der Waals surface area contributed by atoms with Gasteiger partial charge in [0, 0.05) is 5.57 Å². The molecule has 0 aromatic rings. The molecule has 182 valence electrons. The lowest BCUT2D eigenvalue weighted by Crippen LogP contribution is -2.71. The van der Waals surface area contributed by atoms with E-state index in [-0.39, 0.29) is 12.8 Å². The molecule has 0 radical (unpaired) electrons. The normalized spacial score (nSPS) is 23.6. The molecule has 1 aliphatic heterocycles. The van der Waals surface area contributed by atoms with E-state index in [0.717, 1.165) is 6.92 Å². The van der Waals surface area contributed by atoms with Crippen molar-refractivity contribution in [2.24, 2.45) is 0 Å². The average Bonchev–Trinajstić information content (AvgIpc) is 3.34. The average molecular weight is 486 g/mol. The second-order valence-electron chi connectivity index (χ2n) is 7.31. The zero-order valence-corrected chi connectivity index (χ0v) is 15.9. The van der Waals surface area contributed by atoms with Crippen molar-refractivity contribution >= 4 is 5.91 Å². The van der Waals surface area contributed by atoms with Gasteiger partial charge >= 0.3 is 41.7 Å². The van der Waals surface area contributed by atoms with Crippen molar-refractivity contribution in [3.8, 4) is 0 Å². The van der Waals surface area contributed by atoms with Gasteiger partial charge < -0.3 is 0 Å². The monoisotopic (exact) mass is 486 g/mol. The summed E-state index contributed by atoms with van der Waals surface area (Å²) in [6.07, 6.45) is -7.35. The van der Waals surface area contributed by atoms with Crippen molar-refractivity contribution in [3.05, 3.63) is 12.2 Å². The van der Waals surface area contributed by atoms with E-state index in [1.807, 2.05) is 0 Å². The lowest BCUT2D eigenvalue weighted by atomic mass is 9.92. The summed E-state index contributed by atoms with van der Waals surface area (Å²) in [5.41, 5.74) is -0.474. The third-order valence-electron chi connectivity index (χ3n) is 5.02. The van der Waals surface area contributed by atoms with Gasteiger partial charge in [0.05, 0.1) is 6.54 Å². The number of quaternary nitrogens is 1. The van der Waals surface area contributed by atoms with E-state index in [1.165, 1.54) is 6.92 Å². The number of halogens is 13. The Balaban J connectivity index is 3.50. The van der Waals surface area contributed by atoms with Crippen LogP contribution in [0.2, 0.25) is 0 Å². The minimum absolute atomic E-state index is 0.0874. The van der Waals surface area contributed by atoms with Crippen LogP contribution in [-0.4, -0.2) is 65.3 Å². The lowest BCUT2D eigenvalue weighted by molar-refractivity contribution is -0.742. The fourth-order valence-corrected chi connectivity index (χ4v) is 3.07. The smallest absolute Gasteiger partial charge is 0.239 e. The van der Waals surface area contributed by atoms with Crippen molar-refractivity contribution in [3.63, 3.8) is 0 Å². The first-order chi connectivity index (χ1) is 13.5. The second-order valence-corrected chi connectivity index (χ2v) is 7.31. The number of unbranched alkanes of at least 4 members (excludes halogenated alkanes) is 1. The molecule has 2 nitrogen and oxygen atoms in total. The third-order valence-corrected chi connectivity index (χ3v) is 5.02. The molecule has 0 aromatic heterocycles. The summed E-state index contributed by atoms with van der Waals surface area (Å²) in [5.74, 6) is -38.5. The van der Waals surface area contributed by atoms with Gasteiger partial charge in [0.25, 0.3) is 0 Å². The Kier molecular flexibility index (Phi) is 6.66. The minimum atomic E-state index is -7.95. The largest absolute Gasteiger partial charge is 0.460 e. The van der Waals surface area contributed by atoms with E-state index < -0.39 is 70.9 Å². The molecule has 1 fully saturated rings. The lowest BCUT2D eigenvalue weighted by Gasteiger charge is -2.39. The van der Waals surface area contributed by atoms with Gasteiger partial charge in [-0.25, -0.2) is 9.28 Å². The van der Waals surface area contributed by atoms with Crippen LogP contribution in [0.4, 0.5) is 57.1 Å². The fraction of sp³-hybridized carbons (Fsp3) is 0.812. The molecule has 31 heavy (non-hydrogen) atoms. The summed E-state index contributed by atoms with van der Waals surface area (Å²) in [6.45, 7) is 3.66. The van der Waals surface area contributed by atoms with E-state index in [0.29, 0.717) is 0 Å². The van der Waals surface area contributed by atoms with E-state index in [2.05, 4.69) is 6.58 Å². The molecule has 1 aliphatic rings. The number of carbonyl (C=O) groups is 1. The maximum Gasteiger partial charge on any atom is 0.460 e. The Morgan fingerprint density at radius 3 is 1.61 bits per heavy atom. The first-order valence-corrected chi connectivity index (χ1v) is 8.53. The molecule has 1 rings (SSSR count). The summed E-state index contributed by atoms with van der Waals surface area (Å²) in [6, 6.07) is -3.07. The number of rotatable bonds is 9. The second kappa shape index (κ2) is 7.51. The predicted molar refractivity (Wildman–Crippen MR) is 79.3 cm³/mol. The molecule has 2 atom stereocenters. The van der Waals surface area contributed by atoms with Crippen LogP contribution >= 0.6 is 0 Å². The molecule has 0 bridgehead atoms. The molecule has 0 aliphatic carbocycles. The van der Waals surface area contributed by atoms with Crippen molar-refractivity contribution in [1.82, 2.24) is 0 Å². The van der Waals surface area contributed by atoms with Crippen LogP contribution in [0.3, 0.4) is 0 Å². The number of nitrogens with zero attached hydrogens (tertiary/aromatic N) is 1. The van der Waals surface area contributed by atoms with Crippen molar-refractivity contribution in [2.45, 2.75) is 68.5 Å². The number of alkyl halides is 13. The van der Waals surface area contributed by atoms with Gasteiger partial charge in [-0.3, -0.25) is 0 Å². The molecule has 2 unspecified atom stereocenters.